The lowest BCUT2D eigenvalue weighted by Gasteiger charge is -2.21. The van der Waals surface area contributed by atoms with Crippen LogP contribution in [0, 0.1) is 5.92 Å². The molecule has 0 bridgehead atoms. The molecule has 0 aromatic heterocycles. The van der Waals surface area contributed by atoms with E-state index in [-0.39, 0.29) is 25.0 Å². The smallest absolute Gasteiger partial charge is 0.251 e. The third kappa shape index (κ3) is 4.69. The van der Waals surface area contributed by atoms with Crippen molar-refractivity contribution < 1.29 is 15.0 Å². The minimum atomic E-state index is -0.794. The van der Waals surface area contributed by atoms with Gasteiger partial charge in [-0.2, -0.15) is 0 Å². The highest BCUT2D eigenvalue weighted by molar-refractivity contribution is 5.94. The van der Waals surface area contributed by atoms with Crippen molar-refractivity contribution in [2.24, 2.45) is 5.92 Å². The monoisotopic (exact) mass is 299 g/mol. The van der Waals surface area contributed by atoms with E-state index in [9.17, 15) is 15.0 Å². The molecule has 116 valence electrons. The molecule has 0 saturated carbocycles. The van der Waals surface area contributed by atoms with Gasteiger partial charge in [-0.3, -0.25) is 4.79 Å². The number of benzene rings is 2. The maximum Gasteiger partial charge on any atom is 0.251 e. The van der Waals surface area contributed by atoms with Gasteiger partial charge in [0.15, 0.2) is 0 Å². The molecule has 0 saturated heterocycles. The zero-order valence-corrected chi connectivity index (χ0v) is 12.4. The van der Waals surface area contributed by atoms with Gasteiger partial charge in [0.05, 0.1) is 6.10 Å². The number of aliphatic hydroxyl groups is 2. The third-order valence-electron chi connectivity index (χ3n) is 3.63. The van der Waals surface area contributed by atoms with Crippen LogP contribution in [0.4, 0.5) is 0 Å². The second-order valence-electron chi connectivity index (χ2n) is 5.28. The van der Waals surface area contributed by atoms with Crippen LogP contribution >= 0.6 is 0 Å². The van der Waals surface area contributed by atoms with Crippen LogP contribution in [0.3, 0.4) is 0 Å². The van der Waals surface area contributed by atoms with Crippen molar-refractivity contribution in [3.8, 4) is 0 Å². The van der Waals surface area contributed by atoms with Crippen molar-refractivity contribution in [2.45, 2.75) is 12.5 Å². The second kappa shape index (κ2) is 8.32. The van der Waals surface area contributed by atoms with Gasteiger partial charge >= 0.3 is 0 Å². The summed E-state index contributed by atoms with van der Waals surface area (Å²) >= 11 is 0. The van der Waals surface area contributed by atoms with Gasteiger partial charge in [-0.05, 0) is 24.1 Å². The van der Waals surface area contributed by atoms with Crippen molar-refractivity contribution in [1.82, 2.24) is 5.32 Å². The third-order valence-corrected chi connectivity index (χ3v) is 3.63. The van der Waals surface area contributed by atoms with Crippen molar-refractivity contribution in [3.63, 3.8) is 0 Å². The van der Waals surface area contributed by atoms with Crippen LogP contribution in [0.5, 0.6) is 0 Å². The second-order valence-corrected chi connectivity index (χ2v) is 5.28. The molecule has 0 aliphatic heterocycles. The molecule has 2 atom stereocenters. The van der Waals surface area contributed by atoms with Gasteiger partial charge in [0.2, 0.25) is 0 Å². The average Bonchev–Trinajstić information content (AvgIpc) is 2.59. The van der Waals surface area contributed by atoms with Crippen LogP contribution in [-0.2, 0) is 6.42 Å². The molecule has 2 rings (SSSR count). The van der Waals surface area contributed by atoms with Gasteiger partial charge in [-0.1, -0.05) is 48.5 Å². The molecule has 0 unspecified atom stereocenters. The fourth-order valence-electron chi connectivity index (χ4n) is 2.29. The highest BCUT2D eigenvalue weighted by atomic mass is 16.3. The first kappa shape index (κ1) is 16.2. The molecule has 0 aliphatic carbocycles. The zero-order valence-electron chi connectivity index (χ0n) is 12.4. The Balaban J connectivity index is 1.87. The highest BCUT2D eigenvalue weighted by Crippen LogP contribution is 2.12. The van der Waals surface area contributed by atoms with Crippen molar-refractivity contribution in [3.05, 3.63) is 71.8 Å². The zero-order chi connectivity index (χ0) is 15.8. The molecule has 4 nitrogen and oxygen atoms in total. The van der Waals surface area contributed by atoms with Crippen molar-refractivity contribution in [1.29, 1.82) is 0 Å². The van der Waals surface area contributed by atoms with E-state index >= 15 is 0 Å². The number of hydrogen-bond acceptors (Lipinski definition) is 3. The predicted molar refractivity (Wildman–Crippen MR) is 85.5 cm³/mol. The van der Waals surface area contributed by atoms with E-state index in [1.165, 1.54) is 0 Å². The number of hydrogen-bond donors (Lipinski definition) is 3. The molecular formula is C18H21NO3. The molecule has 1 amide bonds. The Morgan fingerprint density at radius 1 is 1.00 bits per heavy atom. The summed E-state index contributed by atoms with van der Waals surface area (Å²) in [6.45, 7) is -0.0109. The van der Waals surface area contributed by atoms with E-state index in [1.807, 2.05) is 36.4 Å². The molecular weight excluding hydrogens is 278 g/mol. The molecule has 0 fully saturated rings. The maximum atomic E-state index is 11.9. The topological polar surface area (TPSA) is 69.6 Å². The lowest BCUT2D eigenvalue weighted by Crippen LogP contribution is -2.38. The fraction of sp³-hybridized carbons (Fsp3) is 0.278. The van der Waals surface area contributed by atoms with Crippen LogP contribution in [0.15, 0.2) is 60.7 Å². The molecule has 0 heterocycles. The summed E-state index contributed by atoms with van der Waals surface area (Å²) in [6.07, 6.45) is -0.224. The molecule has 3 N–H and O–H groups in total. The van der Waals surface area contributed by atoms with E-state index in [1.54, 1.807) is 24.3 Å². The summed E-state index contributed by atoms with van der Waals surface area (Å²) in [5, 5.41) is 22.4. The van der Waals surface area contributed by atoms with Gasteiger partial charge in [-0.15, -0.1) is 0 Å². The van der Waals surface area contributed by atoms with Crippen molar-refractivity contribution >= 4 is 5.91 Å². The van der Waals surface area contributed by atoms with E-state index in [2.05, 4.69) is 5.32 Å². The lowest BCUT2D eigenvalue weighted by atomic mass is 9.94. The summed E-state index contributed by atoms with van der Waals surface area (Å²) < 4.78 is 0. The van der Waals surface area contributed by atoms with Crippen LogP contribution in [0.2, 0.25) is 0 Å². The van der Waals surface area contributed by atoms with E-state index in [0.29, 0.717) is 12.0 Å². The van der Waals surface area contributed by atoms with Gasteiger partial charge in [-0.25, -0.2) is 0 Å². The summed E-state index contributed by atoms with van der Waals surface area (Å²) in [5.74, 6) is -0.533. The summed E-state index contributed by atoms with van der Waals surface area (Å²) in [5.41, 5.74) is 1.60. The molecule has 22 heavy (non-hydrogen) atoms. The summed E-state index contributed by atoms with van der Waals surface area (Å²) in [6, 6.07) is 18.5. The molecule has 0 spiro atoms. The van der Waals surface area contributed by atoms with E-state index < -0.39 is 6.10 Å². The Bertz CT molecular complexity index is 571. The van der Waals surface area contributed by atoms with Crippen LogP contribution in [0.25, 0.3) is 0 Å². The van der Waals surface area contributed by atoms with Crippen LogP contribution < -0.4 is 5.32 Å². The van der Waals surface area contributed by atoms with Crippen LogP contribution in [-0.4, -0.2) is 35.4 Å². The molecule has 2 aromatic rings. The molecule has 0 radical (unpaired) electrons. The number of carbonyl (C=O) groups is 1. The predicted octanol–water partition coefficient (Wildman–Crippen LogP) is 1.63. The standard InChI is InChI=1S/C18H21NO3/c20-13-16(11-14-7-3-1-4-8-14)17(21)12-19-18(22)15-9-5-2-6-10-15/h1-10,16-17,20-21H,11-13H2,(H,19,22)/t16-,17-/m0/s1. The first-order valence-corrected chi connectivity index (χ1v) is 7.37. The van der Waals surface area contributed by atoms with E-state index in [4.69, 9.17) is 0 Å². The van der Waals surface area contributed by atoms with Gasteiger partial charge in [0, 0.05) is 24.6 Å². The maximum absolute atomic E-state index is 11.9. The van der Waals surface area contributed by atoms with Crippen molar-refractivity contribution in [2.75, 3.05) is 13.2 Å². The number of nitrogens with one attached hydrogen (secondary N) is 1. The summed E-state index contributed by atoms with van der Waals surface area (Å²) in [7, 11) is 0. The molecule has 2 aromatic carbocycles. The Kier molecular flexibility index (Phi) is 6.13. The number of aliphatic hydroxyl groups excluding tert-OH is 2. The number of amides is 1. The minimum Gasteiger partial charge on any atom is -0.396 e. The Morgan fingerprint density at radius 2 is 1.59 bits per heavy atom. The fourth-order valence-corrected chi connectivity index (χ4v) is 2.29. The highest BCUT2D eigenvalue weighted by Gasteiger charge is 2.19. The van der Waals surface area contributed by atoms with Gasteiger partial charge in [0.1, 0.15) is 0 Å². The number of carbonyl (C=O) groups excluding carboxylic acids is 1. The molecule has 0 aliphatic rings. The lowest BCUT2D eigenvalue weighted by molar-refractivity contribution is 0.0623. The Labute approximate surface area is 130 Å². The quantitative estimate of drug-likeness (QED) is 0.728. The van der Waals surface area contributed by atoms with Gasteiger partial charge in [0.25, 0.3) is 5.91 Å². The Hall–Kier alpha value is -2.17. The first-order valence-electron chi connectivity index (χ1n) is 7.37. The minimum absolute atomic E-state index is 0.117. The van der Waals surface area contributed by atoms with E-state index in [0.717, 1.165) is 5.56 Å². The number of rotatable bonds is 7. The average molecular weight is 299 g/mol. The Morgan fingerprint density at radius 3 is 2.18 bits per heavy atom. The van der Waals surface area contributed by atoms with Gasteiger partial charge < -0.3 is 15.5 Å². The largest absolute Gasteiger partial charge is 0.396 e. The summed E-state index contributed by atoms with van der Waals surface area (Å²) in [4.78, 5) is 11.9. The molecule has 4 heteroatoms. The van der Waals surface area contributed by atoms with Crippen LogP contribution in [0.1, 0.15) is 15.9 Å². The first-order chi connectivity index (χ1) is 10.7. The normalized spacial score (nSPS) is 13.4. The SMILES string of the molecule is O=C(NC[C@H](O)[C@H](CO)Cc1ccccc1)c1ccccc1.